The van der Waals surface area contributed by atoms with Gasteiger partial charge in [-0.3, -0.25) is 9.59 Å². The number of aliphatic carboxylic acids is 1. The van der Waals surface area contributed by atoms with E-state index in [1.165, 1.54) is 0 Å². The second-order valence-corrected chi connectivity index (χ2v) is 6.39. The normalized spacial score (nSPS) is 22.6. The molecule has 116 valence electrons. The summed E-state index contributed by atoms with van der Waals surface area (Å²) in [7, 11) is 0. The van der Waals surface area contributed by atoms with Crippen LogP contribution in [0.2, 0.25) is 5.02 Å². The molecular weight excluding hydrogens is 292 g/mol. The molecule has 2 atom stereocenters. The highest BCUT2D eigenvalue weighted by Crippen LogP contribution is 2.27. The van der Waals surface area contributed by atoms with Crippen molar-refractivity contribution in [1.82, 2.24) is 9.47 Å². The van der Waals surface area contributed by atoms with Crippen molar-refractivity contribution in [2.24, 2.45) is 5.92 Å². The van der Waals surface area contributed by atoms with Crippen molar-refractivity contribution >= 4 is 23.5 Å². The first-order valence-corrected chi connectivity index (χ1v) is 7.60. The lowest BCUT2D eigenvalue weighted by Crippen LogP contribution is -2.46. The molecule has 0 spiro atoms. The van der Waals surface area contributed by atoms with E-state index in [4.69, 9.17) is 16.7 Å². The zero-order valence-corrected chi connectivity index (χ0v) is 13.3. The summed E-state index contributed by atoms with van der Waals surface area (Å²) in [4.78, 5) is 25.5. The van der Waals surface area contributed by atoms with Crippen LogP contribution < -0.4 is 0 Å². The predicted molar refractivity (Wildman–Crippen MR) is 80.7 cm³/mol. The summed E-state index contributed by atoms with van der Waals surface area (Å²) in [6, 6.07) is 1.74. The molecule has 2 unspecified atom stereocenters. The molecule has 1 aromatic rings. The van der Waals surface area contributed by atoms with Gasteiger partial charge in [-0.2, -0.15) is 0 Å². The summed E-state index contributed by atoms with van der Waals surface area (Å²) < 4.78 is 1.86. The molecule has 1 amide bonds. The van der Waals surface area contributed by atoms with E-state index in [1.807, 2.05) is 25.3 Å². The van der Waals surface area contributed by atoms with E-state index in [0.717, 1.165) is 0 Å². The number of likely N-dealkylation sites (tertiary alicyclic amines) is 1. The number of hydrogen-bond donors (Lipinski definition) is 1. The van der Waals surface area contributed by atoms with Gasteiger partial charge in [-0.1, -0.05) is 11.6 Å². The third kappa shape index (κ3) is 3.23. The van der Waals surface area contributed by atoms with Crippen LogP contribution in [0.3, 0.4) is 0 Å². The molecule has 1 aromatic heterocycles. The number of amides is 1. The molecule has 0 bridgehead atoms. The van der Waals surface area contributed by atoms with Gasteiger partial charge < -0.3 is 14.6 Å². The number of carbonyl (C=O) groups is 2. The summed E-state index contributed by atoms with van der Waals surface area (Å²) in [6.07, 6.45) is 2.76. The van der Waals surface area contributed by atoms with E-state index in [0.29, 0.717) is 30.1 Å². The number of nitrogens with zero attached hydrogens (tertiary/aromatic N) is 2. The van der Waals surface area contributed by atoms with Crippen LogP contribution in [0.4, 0.5) is 0 Å². The van der Waals surface area contributed by atoms with Gasteiger partial charge in [0.05, 0.1) is 10.9 Å². The Hall–Kier alpha value is -1.49. The zero-order chi connectivity index (χ0) is 15.7. The quantitative estimate of drug-likeness (QED) is 0.933. The third-order valence-corrected chi connectivity index (χ3v) is 4.28. The zero-order valence-electron chi connectivity index (χ0n) is 12.5. The number of carboxylic acids is 1. The number of aromatic nitrogens is 1. The van der Waals surface area contributed by atoms with Crippen molar-refractivity contribution in [1.29, 1.82) is 0 Å². The van der Waals surface area contributed by atoms with E-state index in [9.17, 15) is 9.59 Å². The Morgan fingerprint density at radius 1 is 1.43 bits per heavy atom. The number of hydrogen-bond acceptors (Lipinski definition) is 2. The van der Waals surface area contributed by atoms with E-state index >= 15 is 0 Å². The Morgan fingerprint density at radius 2 is 2.10 bits per heavy atom. The van der Waals surface area contributed by atoms with Crippen molar-refractivity contribution < 1.29 is 14.7 Å². The first kappa shape index (κ1) is 15.9. The van der Waals surface area contributed by atoms with Crippen LogP contribution in [0.5, 0.6) is 0 Å². The Kier molecular flexibility index (Phi) is 4.61. The summed E-state index contributed by atoms with van der Waals surface area (Å²) in [5, 5.41) is 9.63. The van der Waals surface area contributed by atoms with Gasteiger partial charge in [0.15, 0.2) is 0 Å². The molecule has 0 radical (unpaired) electrons. The number of rotatable bonds is 3. The summed E-state index contributed by atoms with van der Waals surface area (Å²) in [5.41, 5.74) is 0.565. The molecule has 2 heterocycles. The molecule has 21 heavy (non-hydrogen) atoms. The van der Waals surface area contributed by atoms with E-state index < -0.39 is 5.97 Å². The first-order chi connectivity index (χ1) is 9.81. The Bertz CT molecular complexity index is 553. The van der Waals surface area contributed by atoms with Gasteiger partial charge in [0, 0.05) is 24.8 Å². The maximum Gasteiger partial charge on any atom is 0.306 e. The van der Waals surface area contributed by atoms with E-state index in [1.54, 1.807) is 17.2 Å². The van der Waals surface area contributed by atoms with Gasteiger partial charge in [0.1, 0.15) is 5.69 Å². The lowest BCUT2D eigenvalue weighted by Gasteiger charge is -2.36. The largest absolute Gasteiger partial charge is 0.481 e. The van der Waals surface area contributed by atoms with Crippen LogP contribution >= 0.6 is 11.6 Å². The summed E-state index contributed by atoms with van der Waals surface area (Å²) in [5.74, 6) is -1.21. The standard InChI is InChI=1S/C15H21ClN2O3/c1-9(2)18-8-12(16)7-13(18)14(19)17-5-4-11(15(20)21)6-10(17)3/h7-11H,4-6H2,1-3H3,(H,20,21). The first-order valence-electron chi connectivity index (χ1n) is 7.22. The number of carboxylic acid groups (broad SMARTS) is 1. The van der Waals surface area contributed by atoms with Crippen LogP contribution in [-0.2, 0) is 4.79 Å². The molecule has 1 aliphatic heterocycles. The molecule has 0 saturated carbocycles. The number of carbonyl (C=O) groups excluding carboxylic acids is 1. The highest BCUT2D eigenvalue weighted by atomic mass is 35.5. The summed E-state index contributed by atoms with van der Waals surface area (Å²) in [6.45, 7) is 6.36. The predicted octanol–water partition coefficient (Wildman–Crippen LogP) is 3.05. The van der Waals surface area contributed by atoms with Gasteiger partial charge in [-0.15, -0.1) is 0 Å². The summed E-state index contributed by atoms with van der Waals surface area (Å²) >= 11 is 6.02. The molecule has 0 aliphatic carbocycles. The van der Waals surface area contributed by atoms with E-state index in [2.05, 4.69) is 0 Å². The van der Waals surface area contributed by atoms with Gasteiger partial charge >= 0.3 is 5.97 Å². The molecule has 1 saturated heterocycles. The van der Waals surface area contributed by atoms with Crippen molar-refractivity contribution in [2.45, 2.75) is 45.7 Å². The molecule has 2 rings (SSSR count). The molecule has 1 N–H and O–H groups in total. The van der Waals surface area contributed by atoms with Crippen molar-refractivity contribution in [3.8, 4) is 0 Å². The fourth-order valence-electron chi connectivity index (χ4n) is 2.89. The Morgan fingerprint density at radius 3 is 2.62 bits per heavy atom. The topological polar surface area (TPSA) is 62.5 Å². The van der Waals surface area contributed by atoms with Crippen molar-refractivity contribution in [2.75, 3.05) is 6.54 Å². The minimum Gasteiger partial charge on any atom is -0.481 e. The molecule has 6 heteroatoms. The number of halogens is 1. The molecule has 5 nitrogen and oxygen atoms in total. The van der Waals surface area contributed by atoms with Crippen LogP contribution in [-0.4, -0.2) is 39.0 Å². The van der Waals surface area contributed by atoms with Gasteiger partial charge in [-0.25, -0.2) is 0 Å². The molecule has 1 fully saturated rings. The lowest BCUT2D eigenvalue weighted by atomic mass is 9.91. The molecule has 0 aromatic carbocycles. The van der Waals surface area contributed by atoms with Gasteiger partial charge in [-0.05, 0) is 39.7 Å². The minimum atomic E-state index is -0.775. The third-order valence-electron chi connectivity index (χ3n) is 4.08. The van der Waals surface area contributed by atoms with Crippen LogP contribution in [0.15, 0.2) is 12.3 Å². The fraction of sp³-hybridized carbons (Fsp3) is 0.600. The van der Waals surface area contributed by atoms with Crippen molar-refractivity contribution in [3.63, 3.8) is 0 Å². The van der Waals surface area contributed by atoms with E-state index in [-0.39, 0.29) is 23.9 Å². The average Bonchev–Trinajstić information content (AvgIpc) is 2.80. The second kappa shape index (κ2) is 6.10. The van der Waals surface area contributed by atoms with Crippen molar-refractivity contribution in [3.05, 3.63) is 23.0 Å². The molecular formula is C15H21ClN2O3. The highest BCUT2D eigenvalue weighted by molar-refractivity contribution is 6.31. The lowest BCUT2D eigenvalue weighted by molar-refractivity contribution is -0.143. The minimum absolute atomic E-state index is 0.0769. The molecule has 1 aliphatic rings. The van der Waals surface area contributed by atoms with Gasteiger partial charge in [0.2, 0.25) is 0 Å². The fourth-order valence-corrected chi connectivity index (χ4v) is 3.10. The highest BCUT2D eigenvalue weighted by Gasteiger charge is 2.33. The monoisotopic (exact) mass is 312 g/mol. The maximum atomic E-state index is 12.7. The second-order valence-electron chi connectivity index (χ2n) is 5.95. The van der Waals surface area contributed by atoms with Crippen LogP contribution in [0.25, 0.3) is 0 Å². The SMILES string of the molecule is CC1CC(C(=O)O)CCN1C(=O)c1cc(Cl)cn1C(C)C. The van der Waals surface area contributed by atoms with Crippen LogP contribution in [0, 0.1) is 5.92 Å². The van der Waals surface area contributed by atoms with Crippen LogP contribution in [0.1, 0.15) is 50.1 Å². The Balaban J connectivity index is 2.19. The number of piperidine rings is 1. The smallest absolute Gasteiger partial charge is 0.306 e. The maximum absolute atomic E-state index is 12.7. The average molecular weight is 313 g/mol. The Labute approximate surface area is 129 Å². The van der Waals surface area contributed by atoms with Gasteiger partial charge in [0.25, 0.3) is 5.91 Å².